The molecule has 0 aliphatic carbocycles. The van der Waals surface area contributed by atoms with Crippen LogP contribution in [0.2, 0.25) is 5.02 Å². The minimum Gasteiger partial charge on any atom is -0.360 e. The van der Waals surface area contributed by atoms with E-state index in [0.717, 1.165) is 30.3 Å². The Morgan fingerprint density at radius 2 is 2.05 bits per heavy atom. The number of unbranched alkanes of at least 4 members (excludes halogenated alkanes) is 1. The SMILES string of the molecule is CCCCN(C)c1cc(Nc2ccccc2Cl)ncn1. The molecule has 0 amide bonds. The Labute approximate surface area is 124 Å². The smallest absolute Gasteiger partial charge is 0.135 e. The van der Waals surface area contributed by atoms with E-state index in [1.807, 2.05) is 37.4 Å². The van der Waals surface area contributed by atoms with Crippen LogP contribution in [0.15, 0.2) is 36.7 Å². The maximum atomic E-state index is 6.13. The van der Waals surface area contributed by atoms with Gasteiger partial charge in [0.15, 0.2) is 0 Å². The lowest BCUT2D eigenvalue weighted by Gasteiger charge is -2.18. The second-order valence-corrected chi connectivity index (χ2v) is 5.05. The average Bonchev–Trinajstić information content (AvgIpc) is 2.47. The summed E-state index contributed by atoms with van der Waals surface area (Å²) in [5.41, 5.74) is 0.843. The van der Waals surface area contributed by atoms with Crippen molar-refractivity contribution in [3.05, 3.63) is 41.7 Å². The van der Waals surface area contributed by atoms with E-state index in [2.05, 4.69) is 27.1 Å². The normalized spacial score (nSPS) is 10.3. The number of anilines is 3. The van der Waals surface area contributed by atoms with E-state index in [-0.39, 0.29) is 0 Å². The van der Waals surface area contributed by atoms with Gasteiger partial charge in [-0.15, -0.1) is 0 Å². The molecule has 0 unspecified atom stereocenters. The quantitative estimate of drug-likeness (QED) is 0.869. The Bertz CT molecular complexity index is 559. The first-order valence-electron chi connectivity index (χ1n) is 6.75. The Hall–Kier alpha value is -1.81. The minimum absolute atomic E-state index is 0.673. The first-order chi connectivity index (χ1) is 9.70. The molecule has 2 aromatic rings. The van der Waals surface area contributed by atoms with Gasteiger partial charge in [0.05, 0.1) is 10.7 Å². The topological polar surface area (TPSA) is 41.0 Å². The highest BCUT2D eigenvalue weighted by molar-refractivity contribution is 6.33. The van der Waals surface area contributed by atoms with Crippen molar-refractivity contribution in [1.29, 1.82) is 0 Å². The van der Waals surface area contributed by atoms with Crippen LogP contribution in [0, 0.1) is 0 Å². The van der Waals surface area contributed by atoms with Crippen LogP contribution < -0.4 is 10.2 Å². The van der Waals surface area contributed by atoms with Crippen molar-refractivity contribution < 1.29 is 0 Å². The van der Waals surface area contributed by atoms with E-state index in [4.69, 9.17) is 11.6 Å². The number of nitrogens with one attached hydrogen (secondary N) is 1. The molecule has 1 aromatic carbocycles. The summed E-state index contributed by atoms with van der Waals surface area (Å²) in [4.78, 5) is 10.7. The van der Waals surface area contributed by atoms with Gasteiger partial charge in [-0.1, -0.05) is 37.1 Å². The van der Waals surface area contributed by atoms with Crippen molar-refractivity contribution in [1.82, 2.24) is 9.97 Å². The number of hydrogen-bond donors (Lipinski definition) is 1. The van der Waals surface area contributed by atoms with Crippen LogP contribution in [-0.4, -0.2) is 23.6 Å². The summed E-state index contributed by atoms with van der Waals surface area (Å²) in [5.74, 6) is 1.65. The van der Waals surface area contributed by atoms with Gasteiger partial charge in [-0.3, -0.25) is 0 Å². The van der Waals surface area contributed by atoms with E-state index < -0.39 is 0 Å². The van der Waals surface area contributed by atoms with Crippen molar-refractivity contribution in [2.75, 3.05) is 23.8 Å². The molecular weight excluding hydrogens is 272 g/mol. The zero-order chi connectivity index (χ0) is 14.4. The van der Waals surface area contributed by atoms with E-state index in [9.17, 15) is 0 Å². The van der Waals surface area contributed by atoms with Gasteiger partial charge in [-0.05, 0) is 18.6 Å². The third-order valence-corrected chi connectivity index (χ3v) is 3.36. The zero-order valence-electron chi connectivity index (χ0n) is 11.8. The van der Waals surface area contributed by atoms with Gasteiger partial charge < -0.3 is 10.2 Å². The van der Waals surface area contributed by atoms with Crippen molar-refractivity contribution in [3.63, 3.8) is 0 Å². The fourth-order valence-electron chi connectivity index (χ4n) is 1.83. The Kier molecular flexibility index (Phi) is 5.18. The van der Waals surface area contributed by atoms with Gasteiger partial charge in [0.1, 0.15) is 18.0 Å². The van der Waals surface area contributed by atoms with Crippen molar-refractivity contribution >= 4 is 28.9 Å². The number of benzene rings is 1. The summed E-state index contributed by atoms with van der Waals surface area (Å²) in [6.07, 6.45) is 3.88. The molecule has 5 heteroatoms. The van der Waals surface area contributed by atoms with Crippen molar-refractivity contribution in [2.45, 2.75) is 19.8 Å². The van der Waals surface area contributed by atoms with Crippen LogP contribution in [0.5, 0.6) is 0 Å². The standard InChI is InChI=1S/C15H19ClN4/c1-3-4-9-20(2)15-10-14(17-11-18-15)19-13-8-6-5-7-12(13)16/h5-8,10-11H,3-4,9H2,1-2H3,(H,17,18,19). The third kappa shape index (κ3) is 3.84. The second kappa shape index (κ2) is 7.10. The molecule has 0 bridgehead atoms. The Morgan fingerprint density at radius 3 is 2.80 bits per heavy atom. The summed E-state index contributed by atoms with van der Waals surface area (Å²) >= 11 is 6.13. The lowest BCUT2D eigenvalue weighted by molar-refractivity contribution is 0.758. The van der Waals surface area contributed by atoms with Crippen LogP contribution >= 0.6 is 11.6 Å². The van der Waals surface area contributed by atoms with Gasteiger partial charge in [0, 0.05) is 19.7 Å². The second-order valence-electron chi connectivity index (χ2n) is 4.64. The maximum Gasteiger partial charge on any atom is 0.135 e. The number of aromatic nitrogens is 2. The van der Waals surface area contributed by atoms with Gasteiger partial charge in [0.25, 0.3) is 0 Å². The van der Waals surface area contributed by atoms with Gasteiger partial charge in [-0.25, -0.2) is 9.97 Å². The molecule has 1 N–H and O–H groups in total. The number of nitrogens with zero attached hydrogens (tertiary/aromatic N) is 3. The molecular formula is C15H19ClN4. The molecule has 2 rings (SSSR count). The molecule has 0 aliphatic rings. The molecule has 0 aliphatic heterocycles. The van der Waals surface area contributed by atoms with Crippen LogP contribution in [0.3, 0.4) is 0 Å². The first-order valence-corrected chi connectivity index (χ1v) is 7.13. The molecule has 1 heterocycles. The zero-order valence-corrected chi connectivity index (χ0v) is 12.6. The number of rotatable bonds is 6. The highest BCUT2D eigenvalue weighted by atomic mass is 35.5. The van der Waals surface area contributed by atoms with Gasteiger partial charge in [-0.2, -0.15) is 0 Å². The molecule has 1 aromatic heterocycles. The summed E-state index contributed by atoms with van der Waals surface area (Å²) in [6, 6.07) is 9.53. The molecule has 0 atom stereocenters. The third-order valence-electron chi connectivity index (χ3n) is 3.03. The van der Waals surface area contributed by atoms with Gasteiger partial charge >= 0.3 is 0 Å². The number of hydrogen-bond acceptors (Lipinski definition) is 4. The molecule has 4 nitrogen and oxygen atoms in total. The molecule has 0 fully saturated rings. The Morgan fingerprint density at radius 1 is 1.25 bits per heavy atom. The molecule has 0 spiro atoms. The van der Waals surface area contributed by atoms with E-state index in [0.29, 0.717) is 5.02 Å². The highest BCUT2D eigenvalue weighted by Gasteiger charge is 2.05. The fourth-order valence-corrected chi connectivity index (χ4v) is 2.02. The summed E-state index contributed by atoms with van der Waals surface area (Å²) in [7, 11) is 2.04. The van der Waals surface area contributed by atoms with Crippen molar-refractivity contribution in [2.24, 2.45) is 0 Å². The Balaban J connectivity index is 2.12. The lowest BCUT2D eigenvalue weighted by Crippen LogP contribution is -2.19. The number of para-hydroxylation sites is 1. The maximum absolute atomic E-state index is 6.13. The van der Waals surface area contributed by atoms with Crippen LogP contribution in [0.25, 0.3) is 0 Å². The van der Waals surface area contributed by atoms with Crippen molar-refractivity contribution in [3.8, 4) is 0 Å². The minimum atomic E-state index is 0.673. The van der Waals surface area contributed by atoms with Crippen LogP contribution in [0.1, 0.15) is 19.8 Å². The predicted molar refractivity (Wildman–Crippen MR) is 84.9 cm³/mol. The predicted octanol–water partition coefficient (Wildman–Crippen LogP) is 4.11. The largest absolute Gasteiger partial charge is 0.360 e. The lowest BCUT2D eigenvalue weighted by atomic mass is 10.3. The molecule has 0 saturated heterocycles. The van der Waals surface area contributed by atoms with E-state index >= 15 is 0 Å². The highest BCUT2D eigenvalue weighted by Crippen LogP contribution is 2.24. The fraction of sp³-hybridized carbons (Fsp3) is 0.333. The van der Waals surface area contributed by atoms with E-state index in [1.165, 1.54) is 6.42 Å². The van der Waals surface area contributed by atoms with Gasteiger partial charge in [0.2, 0.25) is 0 Å². The summed E-state index contributed by atoms with van der Waals surface area (Å²) in [5, 5.41) is 3.89. The first kappa shape index (κ1) is 14.6. The average molecular weight is 291 g/mol. The molecule has 106 valence electrons. The van der Waals surface area contributed by atoms with Crippen LogP contribution in [0.4, 0.5) is 17.3 Å². The summed E-state index contributed by atoms with van der Waals surface area (Å²) in [6.45, 7) is 3.16. The summed E-state index contributed by atoms with van der Waals surface area (Å²) < 4.78 is 0. The monoisotopic (exact) mass is 290 g/mol. The van der Waals surface area contributed by atoms with Crippen LogP contribution in [-0.2, 0) is 0 Å². The molecule has 0 saturated carbocycles. The number of halogens is 1. The van der Waals surface area contributed by atoms with E-state index in [1.54, 1.807) is 6.33 Å². The molecule has 20 heavy (non-hydrogen) atoms. The molecule has 0 radical (unpaired) electrons.